The van der Waals surface area contributed by atoms with Gasteiger partial charge in [0.15, 0.2) is 18.1 Å². The van der Waals surface area contributed by atoms with Crippen molar-refractivity contribution >= 4 is 23.5 Å². The van der Waals surface area contributed by atoms with E-state index in [0.29, 0.717) is 11.5 Å². The molecule has 160 valence electrons. The molecule has 0 fully saturated rings. The first-order valence-electron chi connectivity index (χ1n) is 9.98. The average Bonchev–Trinajstić information content (AvgIpc) is 2.76. The number of aryl methyl sites for hydroxylation is 3. The van der Waals surface area contributed by atoms with Gasteiger partial charge in [0.2, 0.25) is 0 Å². The van der Waals surface area contributed by atoms with Crippen molar-refractivity contribution in [2.24, 2.45) is 5.10 Å². The van der Waals surface area contributed by atoms with Crippen LogP contribution in [-0.2, 0) is 4.79 Å². The Bertz CT molecular complexity index is 1080. The van der Waals surface area contributed by atoms with Gasteiger partial charge in [-0.25, -0.2) is 0 Å². The predicted molar refractivity (Wildman–Crippen MR) is 125 cm³/mol. The van der Waals surface area contributed by atoms with Gasteiger partial charge in [-0.15, -0.1) is 0 Å². The summed E-state index contributed by atoms with van der Waals surface area (Å²) in [4.78, 5) is 12.2. The number of hydrogen-bond acceptors (Lipinski definition) is 5. The van der Waals surface area contributed by atoms with Crippen molar-refractivity contribution in [1.29, 1.82) is 0 Å². The number of carbonyl (C=O) groups is 1. The molecule has 0 atom stereocenters. The Morgan fingerprint density at radius 3 is 2.35 bits per heavy atom. The van der Waals surface area contributed by atoms with Crippen molar-refractivity contribution in [2.45, 2.75) is 20.8 Å². The third-order valence-corrected chi connectivity index (χ3v) is 4.80. The van der Waals surface area contributed by atoms with Crippen LogP contribution in [0.3, 0.4) is 0 Å². The number of nitrogens with one attached hydrogen (secondary N) is 2. The summed E-state index contributed by atoms with van der Waals surface area (Å²) in [5.74, 6) is 0.772. The molecule has 0 unspecified atom stereocenters. The van der Waals surface area contributed by atoms with E-state index in [0.717, 1.165) is 22.5 Å². The molecule has 2 N–H and O–H groups in total. The largest absolute Gasteiger partial charge is 0.493 e. The molecular formula is C25H27N3O3. The summed E-state index contributed by atoms with van der Waals surface area (Å²) in [5, 5.41) is 7.08. The fraction of sp³-hybridized carbons (Fsp3) is 0.200. The number of benzene rings is 3. The van der Waals surface area contributed by atoms with Crippen LogP contribution in [-0.4, -0.2) is 25.8 Å². The van der Waals surface area contributed by atoms with Gasteiger partial charge >= 0.3 is 0 Å². The standard InChI is InChI=1S/C25H27N3O3/c1-17-5-9-21(10-6-17)27-25(29)16-31-23-12-8-20(14-24(23)30-4)15-26-28-22-11-7-18(2)19(3)13-22/h5-15,28H,16H2,1-4H3,(H,27,29). The van der Waals surface area contributed by atoms with E-state index in [1.807, 2.05) is 49.4 Å². The van der Waals surface area contributed by atoms with Gasteiger partial charge in [0.25, 0.3) is 5.91 Å². The maximum atomic E-state index is 12.2. The normalized spacial score (nSPS) is 10.7. The quantitative estimate of drug-likeness (QED) is 0.396. The van der Waals surface area contributed by atoms with E-state index in [9.17, 15) is 4.79 Å². The zero-order valence-electron chi connectivity index (χ0n) is 18.2. The number of carbonyl (C=O) groups excluding carboxylic acids is 1. The first-order chi connectivity index (χ1) is 14.9. The van der Waals surface area contributed by atoms with Crippen molar-refractivity contribution in [2.75, 3.05) is 24.5 Å². The van der Waals surface area contributed by atoms with Crippen LogP contribution in [0.15, 0.2) is 65.8 Å². The molecule has 0 radical (unpaired) electrons. The van der Waals surface area contributed by atoms with Crippen molar-refractivity contribution in [3.8, 4) is 11.5 Å². The molecule has 0 aromatic heterocycles. The van der Waals surface area contributed by atoms with Gasteiger partial charge < -0.3 is 14.8 Å². The minimum Gasteiger partial charge on any atom is -0.493 e. The SMILES string of the molecule is COc1cc(C=NNc2ccc(C)c(C)c2)ccc1OCC(=O)Nc1ccc(C)cc1. The fourth-order valence-electron chi connectivity index (χ4n) is 2.85. The molecule has 6 heteroatoms. The highest BCUT2D eigenvalue weighted by Gasteiger charge is 2.09. The smallest absolute Gasteiger partial charge is 0.262 e. The lowest BCUT2D eigenvalue weighted by atomic mass is 10.1. The highest BCUT2D eigenvalue weighted by molar-refractivity contribution is 5.92. The minimum absolute atomic E-state index is 0.119. The van der Waals surface area contributed by atoms with Crippen LogP contribution in [0.1, 0.15) is 22.3 Å². The summed E-state index contributed by atoms with van der Waals surface area (Å²) in [6.07, 6.45) is 1.70. The molecule has 0 saturated heterocycles. The van der Waals surface area contributed by atoms with Crippen LogP contribution in [0.25, 0.3) is 0 Å². The molecule has 6 nitrogen and oxygen atoms in total. The molecular weight excluding hydrogens is 390 g/mol. The van der Waals surface area contributed by atoms with Crippen LogP contribution in [0, 0.1) is 20.8 Å². The maximum absolute atomic E-state index is 12.2. The molecule has 3 aromatic rings. The van der Waals surface area contributed by atoms with E-state index in [4.69, 9.17) is 9.47 Å². The van der Waals surface area contributed by atoms with Crippen molar-refractivity contribution in [3.05, 3.63) is 82.9 Å². The summed E-state index contributed by atoms with van der Waals surface area (Å²) in [6, 6.07) is 19.1. The third kappa shape index (κ3) is 6.34. The summed E-state index contributed by atoms with van der Waals surface area (Å²) in [5.41, 5.74) is 9.09. The Labute approximate surface area is 182 Å². The van der Waals surface area contributed by atoms with E-state index in [-0.39, 0.29) is 12.5 Å². The number of ether oxygens (including phenoxy) is 2. The Hall–Kier alpha value is -3.80. The molecule has 31 heavy (non-hydrogen) atoms. The Kier molecular flexibility index (Phi) is 7.27. The number of rotatable bonds is 8. The van der Waals surface area contributed by atoms with Crippen LogP contribution in [0.4, 0.5) is 11.4 Å². The van der Waals surface area contributed by atoms with Gasteiger partial charge in [0.1, 0.15) is 0 Å². The number of amides is 1. The molecule has 1 amide bonds. The lowest BCUT2D eigenvalue weighted by Crippen LogP contribution is -2.20. The van der Waals surface area contributed by atoms with Crippen LogP contribution in [0.5, 0.6) is 11.5 Å². The predicted octanol–water partition coefficient (Wildman–Crippen LogP) is 5.08. The summed E-state index contributed by atoms with van der Waals surface area (Å²) < 4.78 is 11.0. The molecule has 0 bridgehead atoms. The van der Waals surface area contributed by atoms with Crippen molar-refractivity contribution in [1.82, 2.24) is 0 Å². The zero-order valence-corrected chi connectivity index (χ0v) is 18.2. The second-order valence-corrected chi connectivity index (χ2v) is 7.28. The lowest BCUT2D eigenvalue weighted by molar-refractivity contribution is -0.118. The lowest BCUT2D eigenvalue weighted by Gasteiger charge is -2.11. The van der Waals surface area contributed by atoms with Crippen LogP contribution < -0.4 is 20.2 Å². The number of methoxy groups -OCH3 is 1. The second-order valence-electron chi connectivity index (χ2n) is 7.28. The molecule has 3 rings (SSSR count). The van der Waals surface area contributed by atoms with Gasteiger partial charge in [-0.3, -0.25) is 10.2 Å². The van der Waals surface area contributed by atoms with Gasteiger partial charge in [-0.2, -0.15) is 5.10 Å². The molecule has 0 saturated carbocycles. The molecule has 0 aliphatic rings. The van der Waals surface area contributed by atoms with Gasteiger partial charge in [-0.05, 0) is 79.9 Å². The first kappa shape index (κ1) is 21.9. The minimum atomic E-state index is -0.242. The number of hydrogen-bond donors (Lipinski definition) is 2. The van der Waals surface area contributed by atoms with Crippen molar-refractivity contribution in [3.63, 3.8) is 0 Å². The number of nitrogens with zero attached hydrogens (tertiary/aromatic N) is 1. The third-order valence-electron chi connectivity index (χ3n) is 4.80. The van der Waals surface area contributed by atoms with E-state index < -0.39 is 0 Å². The van der Waals surface area contributed by atoms with Crippen LogP contribution >= 0.6 is 0 Å². The Balaban J connectivity index is 1.57. The number of hydrazone groups is 1. The highest BCUT2D eigenvalue weighted by Crippen LogP contribution is 2.27. The van der Waals surface area contributed by atoms with Crippen LogP contribution in [0.2, 0.25) is 0 Å². The topological polar surface area (TPSA) is 71.9 Å². The van der Waals surface area contributed by atoms with E-state index in [1.165, 1.54) is 11.1 Å². The van der Waals surface area contributed by atoms with Gasteiger partial charge in [0, 0.05) is 5.69 Å². The first-order valence-corrected chi connectivity index (χ1v) is 9.98. The van der Waals surface area contributed by atoms with Gasteiger partial charge in [0.05, 0.1) is 19.0 Å². The van der Waals surface area contributed by atoms with Crippen molar-refractivity contribution < 1.29 is 14.3 Å². The average molecular weight is 418 g/mol. The van der Waals surface area contributed by atoms with E-state index in [1.54, 1.807) is 25.5 Å². The number of anilines is 2. The Morgan fingerprint density at radius 1 is 0.903 bits per heavy atom. The fourth-order valence-corrected chi connectivity index (χ4v) is 2.85. The molecule has 0 aliphatic carbocycles. The summed E-state index contributed by atoms with van der Waals surface area (Å²) >= 11 is 0. The monoisotopic (exact) mass is 417 g/mol. The van der Waals surface area contributed by atoms with E-state index in [2.05, 4.69) is 35.8 Å². The zero-order chi connectivity index (χ0) is 22.2. The summed E-state index contributed by atoms with van der Waals surface area (Å²) in [6.45, 7) is 6.01. The van der Waals surface area contributed by atoms with E-state index >= 15 is 0 Å². The molecule has 0 aliphatic heterocycles. The Morgan fingerprint density at radius 2 is 1.65 bits per heavy atom. The summed E-state index contributed by atoms with van der Waals surface area (Å²) in [7, 11) is 1.56. The highest BCUT2D eigenvalue weighted by atomic mass is 16.5. The maximum Gasteiger partial charge on any atom is 0.262 e. The molecule has 0 heterocycles. The molecule has 3 aromatic carbocycles. The van der Waals surface area contributed by atoms with Gasteiger partial charge in [-0.1, -0.05) is 23.8 Å². The molecule has 0 spiro atoms. The second kappa shape index (κ2) is 10.3.